The van der Waals surface area contributed by atoms with Crippen molar-refractivity contribution in [3.05, 3.63) is 54.1 Å². The van der Waals surface area contributed by atoms with Crippen molar-refractivity contribution in [1.82, 2.24) is 0 Å². The Morgan fingerprint density at radius 3 is 1.50 bits per heavy atom. The van der Waals surface area contributed by atoms with Crippen LogP contribution < -0.4 is 27.4 Å². The molecule has 0 spiro atoms. The van der Waals surface area contributed by atoms with Gasteiger partial charge in [-0.2, -0.15) is 0 Å². The summed E-state index contributed by atoms with van der Waals surface area (Å²) >= 11 is 0. The monoisotopic (exact) mass is 403 g/mol. The summed E-state index contributed by atoms with van der Waals surface area (Å²) in [5, 5.41) is 8.78. The number of benzene rings is 2. The number of carbonyl (C=O) groups is 1. The molecule has 7 N–H and O–H groups in total. The number of hydrogen-bond donors (Lipinski definition) is 5. The highest BCUT2D eigenvalue weighted by atomic mass is 35.5. The Hall–Kier alpha value is -3.26. The van der Waals surface area contributed by atoms with Crippen LogP contribution in [-0.4, -0.2) is 30.9 Å². The first-order valence-corrected chi connectivity index (χ1v) is 8.67. The summed E-state index contributed by atoms with van der Waals surface area (Å²) in [6.07, 6.45) is 0. The van der Waals surface area contributed by atoms with Crippen molar-refractivity contribution < 1.29 is 4.79 Å². The fraction of sp³-hybridized carbons (Fsp3) is 0.211. The standard InChI is InChI=1S/C19H25N7O.ClH/c1-3-22-18(20)25-15-7-5-13(6-8-15)17(27)24-14-9-11-16(12-10-14)26-19(21)23-4-2;/h5-12H,3-4H2,1-2H3,(H,24,27)(H3,20,22,25)(H3,21,23,26);1H. The molecule has 0 heterocycles. The second-order valence-electron chi connectivity index (χ2n) is 5.58. The Labute approximate surface area is 170 Å². The molecule has 2 aromatic rings. The lowest BCUT2D eigenvalue weighted by Gasteiger charge is -2.09. The van der Waals surface area contributed by atoms with E-state index < -0.39 is 0 Å². The number of aliphatic imine (C=N–C) groups is 2. The summed E-state index contributed by atoms with van der Waals surface area (Å²) < 4.78 is 0. The normalized spacial score (nSPS) is 11.4. The molecule has 2 aromatic carbocycles. The van der Waals surface area contributed by atoms with E-state index in [1.165, 1.54) is 0 Å². The van der Waals surface area contributed by atoms with Gasteiger partial charge in [0, 0.05) is 35.7 Å². The lowest BCUT2D eigenvalue weighted by molar-refractivity contribution is 0.102. The predicted molar refractivity (Wildman–Crippen MR) is 120 cm³/mol. The summed E-state index contributed by atoms with van der Waals surface area (Å²) in [6, 6.07) is 14.2. The Bertz CT molecular complexity index is 817. The maximum Gasteiger partial charge on any atom is 0.255 e. The van der Waals surface area contributed by atoms with Gasteiger partial charge in [-0.05, 0) is 62.4 Å². The van der Waals surface area contributed by atoms with Crippen molar-refractivity contribution in [3.63, 3.8) is 0 Å². The molecule has 0 aromatic heterocycles. The number of hydrogen-bond acceptors (Lipinski definition) is 3. The highest BCUT2D eigenvalue weighted by Crippen LogP contribution is 2.15. The molecule has 0 radical (unpaired) electrons. The molecule has 0 aliphatic carbocycles. The van der Waals surface area contributed by atoms with Crippen molar-refractivity contribution >= 4 is 47.3 Å². The minimum Gasteiger partial charge on any atom is -0.370 e. The molecular formula is C19H26ClN7O. The smallest absolute Gasteiger partial charge is 0.255 e. The largest absolute Gasteiger partial charge is 0.370 e. The number of anilines is 3. The summed E-state index contributed by atoms with van der Waals surface area (Å²) in [6.45, 7) is 5.02. The van der Waals surface area contributed by atoms with Crippen LogP contribution in [0.5, 0.6) is 0 Å². The number of nitrogens with one attached hydrogen (secondary N) is 3. The van der Waals surface area contributed by atoms with Gasteiger partial charge in [0.1, 0.15) is 0 Å². The number of carbonyl (C=O) groups excluding carboxylic acids is 1. The maximum absolute atomic E-state index is 12.4. The van der Waals surface area contributed by atoms with Crippen LogP contribution in [0.4, 0.5) is 17.1 Å². The van der Waals surface area contributed by atoms with Crippen molar-refractivity contribution in [2.45, 2.75) is 13.8 Å². The summed E-state index contributed by atoms with van der Waals surface area (Å²) in [5.41, 5.74) is 14.2. The van der Waals surface area contributed by atoms with Crippen LogP contribution in [0.2, 0.25) is 0 Å². The van der Waals surface area contributed by atoms with E-state index in [-0.39, 0.29) is 18.3 Å². The van der Waals surface area contributed by atoms with Gasteiger partial charge >= 0.3 is 0 Å². The third kappa shape index (κ3) is 7.16. The van der Waals surface area contributed by atoms with E-state index in [4.69, 9.17) is 11.5 Å². The predicted octanol–water partition coefficient (Wildman–Crippen LogP) is 2.85. The summed E-state index contributed by atoms with van der Waals surface area (Å²) in [4.78, 5) is 20.5. The first-order valence-electron chi connectivity index (χ1n) is 8.67. The second-order valence-corrected chi connectivity index (χ2v) is 5.58. The lowest BCUT2D eigenvalue weighted by atomic mass is 10.2. The van der Waals surface area contributed by atoms with Crippen LogP contribution in [0.3, 0.4) is 0 Å². The molecule has 0 atom stereocenters. The fourth-order valence-electron chi connectivity index (χ4n) is 2.26. The SMILES string of the molecule is CCN=C(N)Nc1ccc(NC(=O)c2ccc(NC(N)=NCC)cc2)cc1.Cl. The van der Waals surface area contributed by atoms with E-state index in [9.17, 15) is 4.79 Å². The minimum atomic E-state index is -0.204. The molecule has 8 nitrogen and oxygen atoms in total. The van der Waals surface area contributed by atoms with Gasteiger partial charge in [-0.25, -0.2) is 0 Å². The first-order chi connectivity index (χ1) is 13.0. The van der Waals surface area contributed by atoms with Crippen molar-refractivity contribution in [1.29, 1.82) is 0 Å². The highest BCUT2D eigenvalue weighted by molar-refractivity contribution is 6.05. The number of guanidine groups is 2. The van der Waals surface area contributed by atoms with Crippen LogP contribution in [0.25, 0.3) is 0 Å². The molecule has 1 amide bonds. The van der Waals surface area contributed by atoms with Crippen LogP contribution >= 0.6 is 12.4 Å². The molecule has 0 bridgehead atoms. The molecular weight excluding hydrogens is 378 g/mol. The van der Waals surface area contributed by atoms with E-state index in [1.807, 2.05) is 26.0 Å². The van der Waals surface area contributed by atoms with Gasteiger partial charge in [0.15, 0.2) is 11.9 Å². The number of amides is 1. The van der Waals surface area contributed by atoms with Gasteiger partial charge in [-0.1, -0.05) is 0 Å². The lowest BCUT2D eigenvalue weighted by Crippen LogP contribution is -2.22. The molecule has 0 fully saturated rings. The minimum absolute atomic E-state index is 0. The molecule has 0 aliphatic rings. The van der Waals surface area contributed by atoms with Crippen LogP contribution in [-0.2, 0) is 0 Å². The zero-order valence-corrected chi connectivity index (χ0v) is 16.7. The van der Waals surface area contributed by atoms with Crippen molar-refractivity contribution in [2.24, 2.45) is 21.5 Å². The quantitative estimate of drug-likeness (QED) is 0.374. The number of nitrogens with zero attached hydrogens (tertiary/aromatic N) is 2. The van der Waals surface area contributed by atoms with Gasteiger partial charge in [0.05, 0.1) is 0 Å². The topological polar surface area (TPSA) is 130 Å². The maximum atomic E-state index is 12.4. The molecule has 150 valence electrons. The fourth-order valence-corrected chi connectivity index (χ4v) is 2.26. The third-order valence-corrected chi connectivity index (χ3v) is 3.49. The molecule has 0 unspecified atom stereocenters. The number of rotatable bonds is 6. The molecule has 2 rings (SSSR count). The van der Waals surface area contributed by atoms with E-state index in [2.05, 4.69) is 25.9 Å². The average Bonchev–Trinajstić information content (AvgIpc) is 2.64. The van der Waals surface area contributed by atoms with E-state index in [0.717, 1.165) is 11.4 Å². The summed E-state index contributed by atoms with van der Waals surface area (Å²) in [7, 11) is 0. The zero-order valence-electron chi connectivity index (χ0n) is 15.9. The summed E-state index contributed by atoms with van der Waals surface area (Å²) in [5.74, 6) is 0.491. The van der Waals surface area contributed by atoms with Gasteiger partial charge in [0.25, 0.3) is 5.91 Å². The van der Waals surface area contributed by atoms with E-state index >= 15 is 0 Å². The molecule has 0 saturated carbocycles. The molecule has 0 aliphatic heterocycles. The zero-order chi connectivity index (χ0) is 19.6. The van der Waals surface area contributed by atoms with Crippen LogP contribution in [0.15, 0.2) is 58.5 Å². The Morgan fingerprint density at radius 2 is 1.11 bits per heavy atom. The Morgan fingerprint density at radius 1 is 0.750 bits per heavy atom. The average molecular weight is 404 g/mol. The molecule has 9 heteroatoms. The Kier molecular flexibility index (Phi) is 9.32. The van der Waals surface area contributed by atoms with E-state index in [0.29, 0.717) is 36.3 Å². The van der Waals surface area contributed by atoms with Crippen molar-refractivity contribution in [2.75, 3.05) is 29.0 Å². The van der Waals surface area contributed by atoms with Gasteiger partial charge < -0.3 is 27.4 Å². The second kappa shape index (κ2) is 11.5. The van der Waals surface area contributed by atoms with Crippen molar-refractivity contribution in [3.8, 4) is 0 Å². The van der Waals surface area contributed by atoms with Crippen LogP contribution in [0, 0.1) is 0 Å². The highest BCUT2D eigenvalue weighted by Gasteiger charge is 2.06. The van der Waals surface area contributed by atoms with Gasteiger partial charge in [0.2, 0.25) is 0 Å². The third-order valence-electron chi connectivity index (χ3n) is 3.49. The first kappa shape index (κ1) is 22.8. The number of nitrogens with two attached hydrogens (primary N) is 2. The van der Waals surface area contributed by atoms with Crippen LogP contribution in [0.1, 0.15) is 24.2 Å². The molecule has 28 heavy (non-hydrogen) atoms. The Balaban J connectivity index is 0.00000392. The van der Waals surface area contributed by atoms with Gasteiger partial charge in [-0.3, -0.25) is 14.8 Å². The number of halogens is 1. The van der Waals surface area contributed by atoms with E-state index in [1.54, 1.807) is 36.4 Å². The molecule has 0 saturated heterocycles. The van der Waals surface area contributed by atoms with Gasteiger partial charge in [-0.15, -0.1) is 12.4 Å².